The summed E-state index contributed by atoms with van der Waals surface area (Å²) in [6.45, 7) is 0.466. The van der Waals surface area contributed by atoms with E-state index in [0.717, 1.165) is 5.69 Å². The predicted molar refractivity (Wildman–Crippen MR) is 82.9 cm³/mol. The molecule has 0 spiro atoms. The van der Waals surface area contributed by atoms with Gasteiger partial charge in [-0.25, -0.2) is 4.68 Å². The third kappa shape index (κ3) is 4.31. The molecule has 2 aromatic rings. The van der Waals surface area contributed by atoms with E-state index in [-0.39, 0.29) is 22.5 Å². The molecule has 21 heavy (non-hydrogen) atoms. The van der Waals surface area contributed by atoms with Gasteiger partial charge in [0.25, 0.3) is 0 Å². The lowest BCUT2D eigenvalue weighted by Crippen LogP contribution is -2.19. The van der Waals surface area contributed by atoms with Crippen LogP contribution in [0.2, 0.25) is 15.1 Å². The summed E-state index contributed by atoms with van der Waals surface area (Å²) in [5.41, 5.74) is 6.47. The molecule has 0 saturated carbocycles. The minimum Gasteiger partial charge on any atom is -0.330 e. The van der Waals surface area contributed by atoms with Crippen LogP contribution in [0.1, 0.15) is 5.69 Å². The van der Waals surface area contributed by atoms with Crippen LogP contribution in [0.5, 0.6) is 0 Å². The van der Waals surface area contributed by atoms with Gasteiger partial charge in [0, 0.05) is 17.6 Å². The Labute approximate surface area is 136 Å². The van der Waals surface area contributed by atoms with Gasteiger partial charge in [-0.15, -0.1) is 5.10 Å². The van der Waals surface area contributed by atoms with Crippen molar-refractivity contribution >= 4 is 46.4 Å². The summed E-state index contributed by atoms with van der Waals surface area (Å²) < 4.78 is 1.41. The number of amides is 1. The summed E-state index contributed by atoms with van der Waals surface area (Å²) in [4.78, 5) is 12.0. The minimum absolute atomic E-state index is 0.00709. The zero-order valence-electron chi connectivity index (χ0n) is 10.8. The highest BCUT2D eigenvalue weighted by molar-refractivity contribution is 6.42. The standard InChI is InChI=1S/C12H12Cl3N5O/c13-7-3-9(14)12(10(15)4-7)17-11(21)6-20-5-8(1-2-16)18-19-20/h3-5H,1-2,6,16H2,(H,17,21). The minimum atomic E-state index is -0.328. The second kappa shape index (κ2) is 7.09. The Bertz CT molecular complexity index is 635. The van der Waals surface area contributed by atoms with Gasteiger partial charge in [0.2, 0.25) is 5.91 Å². The first-order chi connectivity index (χ1) is 9.99. The lowest BCUT2D eigenvalue weighted by molar-refractivity contribution is -0.116. The Balaban J connectivity index is 2.04. The SMILES string of the molecule is NCCc1cn(CC(=O)Nc2c(Cl)cc(Cl)cc2Cl)nn1. The number of aromatic nitrogens is 3. The Hall–Kier alpha value is -1.34. The van der Waals surface area contributed by atoms with Gasteiger partial charge in [0.1, 0.15) is 6.54 Å². The monoisotopic (exact) mass is 347 g/mol. The van der Waals surface area contributed by atoms with Crippen molar-refractivity contribution in [3.8, 4) is 0 Å². The molecule has 0 saturated heterocycles. The molecule has 6 nitrogen and oxygen atoms in total. The third-order valence-corrected chi connectivity index (χ3v) is 3.38. The summed E-state index contributed by atoms with van der Waals surface area (Å²) in [6, 6.07) is 3.00. The number of rotatable bonds is 5. The fourth-order valence-electron chi connectivity index (χ4n) is 1.67. The van der Waals surface area contributed by atoms with E-state index in [0.29, 0.717) is 23.7 Å². The van der Waals surface area contributed by atoms with Crippen molar-refractivity contribution < 1.29 is 4.79 Å². The number of hydrogen-bond acceptors (Lipinski definition) is 4. The van der Waals surface area contributed by atoms with E-state index in [9.17, 15) is 4.79 Å². The normalized spacial score (nSPS) is 10.7. The van der Waals surface area contributed by atoms with E-state index in [2.05, 4.69) is 15.6 Å². The number of benzene rings is 1. The second-order valence-electron chi connectivity index (χ2n) is 4.24. The molecule has 1 amide bonds. The van der Waals surface area contributed by atoms with Crippen molar-refractivity contribution in [2.24, 2.45) is 5.73 Å². The van der Waals surface area contributed by atoms with Gasteiger partial charge in [-0.3, -0.25) is 4.79 Å². The van der Waals surface area contributed by atoms with Crippen molar-refractivity contribution in [1.29, 1.82) is 0 Å². The molecule has 1 aromatic carbocycles. The number of hydrogen-bond donors (Lipinski definition) is 2. The van der Waals surface area contributed by atoms with Crippen molar-refractivity contribution in [2.45, 2.75) is 13.0 Å². The van der Waals surface area contributed by atoms with Crippen molar-refractivity contribution in [2.75, 3.05) is 11.9 Å². The highest BCUT2D eigenvalue weighted by atomic mass is 35.5. The van der Waals surface area contributed by atoms with Crippen LogP contribution in [0.25, 0.3) is 0 Å². The Morgan fingerprint density at radius 2 is 1.95 bits per heavy atom. The molecule has 1 aromatic heterocycles. The molecule has 0 aliphatic heterocycles. The van der Waals surface area contributed by atoms with Crippen LogP contribution in [-0.2, 0) is 17.8 Å². The van der Waals surface area contributed by atoms with Crippen LogP contribution in [0.15, 0.2) is 18.3 Å². The highest BCUT2D eigenvalue weighted by Gasteiger charge is 2.12. The smallest absolute Gasteiger partial charge is 0.246 e. The summed E-state index contributed by atoms with van der Waals surface area (Å²) in [7, 11) is 0. The fourth-order valence-corrected chi connectivity index (χ4v) is 2.58. The predicted octanol–water partition coefficient (Wildman–Crippen LogP) is 2.38. The molecule has 112 valence electrons. The van der Waals surface area contributed by atoms with Gasteiger partial charge < -0.3 is 11.1 Å². The van der Waals surface area contributed by atoms with Crippen molar-refractivity contribution in [1.82, 2.24) is 15.0 Å². The lowest BCUT2D eigenvalue weighted by Gasteiger charge is -2.09. The first-order valence-corrected chi connectivity index (χ1v) is 7.16. The van der Waals surface area contributed by atoms with E-state index in [1.165, 1.54) is 16.8 Å². The zero-order chi connectivity index (χ0) is 15.4. The topological polar surface area (TPSA) is 85.8 Å². The van der Waals surface area contributed by atoms with Crippen LogP contribution in [0.3, 0.4) is 0 Å². The number of halogens is 3. The molecule has 1 heterocycles. The van der Waals surface area contributed by atoms with E-state index >= 15 is 0 Å². The molecule has 0 unspecified atom stereocenters. The first-order valence-electron chi connectivity index (χ1n) is 6.03. The first kappa shape index (κ1) is 16.0. The highest BCUT2D eigenvalue weighted by Crippen LogP contribution is 2.33. The maximum atomic E-state index is 12.0. The largest absolute Gasteiger partial charge is 0.330 e. The van der Waals surface area contributed by atoms with Crippen LogP contribution >= 0.6 is 34.8 Å². The molecule has 0 aliphatic carbocycles. The molecule has 9 heteroatoms. The second-order valence-corrected chi connectivity index (χ2v) is 5.49. The number of anilines is 1. The molecule has 2 rings (SSSR count). The van der Waals surface area contributed by atoms with Gasteiger partial charge in [0.05, 0.1) is 21.4 Å². The Kier molecular flexibility index (Phi) is 5.41. The summed E-state index contributed by atoms with van der Waals surface area (Å²) in [6.07, 6.45) is 2.27. The van der Waals surface area contributed by atoms with Gasteiger partial charge in [-0.05, 0) is 18.7 Å². The van der Waals surface area contributed by atoms with Gasteiger partial charge in [0.15, 0.2) is 0 Å². The fraction of sp³-hybridized carbons (Fsp3) is 0.250. The molecule has 0 fully saturated rings. The maximum Gasteiger partial charge on any atom is 0.246 e. The molecule has 0 aliphatic rings. The summed E-state index contributed by atoms with van der Waals surface area (Å²) in [5, 5.41) is 11.3. The van der Waals surface area contributed by atoms with Gasteiger partial charge in [-0.1, -0.05) is 40.0 Å². The van der Waals surface area contributed by atoms with E-state index in [4.69, 9.17) is 40.5 Å². The van der Waals surface area contributed by atoms with Crippen molar-refractivity contribution in [3.63, 3.8) is 0 Å². The Morgan fingerprint density at radius 1 is 1.29 bits per heavy atom. The quantitative estimate of drug-likeness (QED) is 0.868. The van der Waals surface area contributed by atoms with Crippen LogP contribution in [0, 0.1) is 0 Å². The number of carbonyl (C=O) groups is 1. The van der Waals surface area contributed by atoms with Crippen LogP contribution in [0.4, 0.5) is 5.69 Å². The number of nitrogens with one attached hydrogen (secondary N) is 1. The van der Waals surface area contributed by atoms with Crippen LogP contribution < -0.4 is 11.1 Å². The average molecular weight is 349 g/mol. The van der Waals surface area contributed by atoms with Crippen LogP contribution in [-0.4, -0.2) is 27.4 Å². The van der Waals surface area contributed by atoms with Gasteiger partial charge in [-0.2, -0.15) is 0 Å². The average Bonchev–Trinajstić information content (AvgIpc) is 2.81. The molecule has 0 atom stereocenters. The summed E-state index contributed by atoms with van der Waals surface area (Å²) >= 11 is 17.8. The molecular formula is C12H12Cl3N5O. The zero-order valence-corrected chi connectivity index (χ0v) is 13.1. The maximum absolute atomic E-state index is 12.0. The molecule has 0 bridgehead atoms. The Morgan fingerprint density at radius 3 is 2.57 bits per heavy atom. The third-order valence-electron chi connectivity index (χ3n) is 2.56. The number of nitrogens with zero attached hydrogens (tertiary/aromatic N) is 3. The molecule has 3 N–H and O–H groups in total. The van der Waals surface area contributed by atoms with E-state index in [1.54, 1.807) is 6.20 Å². The number of nitrogens with two attached hydrogens (primary N) is 1. The summed E-state index contributed by atoms with van der Waals surface area (Å²) in [5.74, 6) is -0.328. The van der Waals surface area contributed by atoms with E-state index < -0.39 is 0 Å². The van der Waals surface area contributed by atoms with E-state index in [1.807, 2.05) is 0 Å². The van der Waals surface area contributed by atoms with Crippen molar-refractivity contribution in [3.05, 3.63) is 39.1 Å². The lowest BCUT2D eigenvalue weighted by atomic mass is 10.3. The van der Waals surface area contributed by atoms with Gasteiger partial charge >= 0.3 is 0 Å². The molecular weight excluding hydrogens is 337 g/mol. The molecule has 0 radical (unpaired) electrons. The number of carbonyl (C=O) groups excluding carboxylic acids is 1.